The Hall–Kier alpha value is -3.10. The molecule has 3 aromatic rings. The van der Waals surface area contributed by atoms with E-state index in [-0.39, 0.29) is 5.91 Å². The first-order valence-corrected chi connectivity index (χ1v) is 9.74. The molecule has 0 aliphatic rings. The summed E-state index contributed by atoms with van der Waals surface area (Å²) in [5.41, 5.74) is 5.41. The highest BCUT2D eigenvalue weighted by Gasteiger charge is 2.25. The Morgan fingerprint density at radius 2 is 1.66 bits per heavy atom. The van der Waals surface area contributed by atoms with Crippen LogP contribution in [0.25, 0.3) is 11.0 Å². The smallest absolute Gasteiger partial charge is 0.290 e. The average molecular weight is 389 g/mol. The number of aryl methyl sites for hydroxylation is 3. The minimum Gasteiger partial charge on any atom is -0.450 e. The lowest BCUT2D eigenvalue weighted by molar-refractivity contribution is 0.0701. The highest BCUT2D eigenvalue weighted by atomic mass is 16.3. The lowest BCUT2D eigenvalue weighted by Gasteiger charge is -2.24. The third kappa shape index (κ3) is 4.33. The van der Waals surface area contributed by atoms with Gasteiger partial charge in [0, 0.05) is 30.6 Å². The van der Waals surface area contributed by atoms with Gasteiger partial charge in [0.1, 0.15) is 5.58 Å². The first kappa shape index (κ1) is 20.6. The summed E-state index contributed by atoms with van der Waals surface area (Å²) >= 11 is 0. The number of likely N-dealkylation sites (N-methyl/N-ethyl adjacent to an activating group) is 1. The summed E-state index contributed by atoms with van der Waals surface area (Å²) in [4.78, 5) is 17.3. The molecule has 0 fully saturated rings. The molecule has 0 N–H and O–H groups in total. The van der Waals surface area contributed by atoms with Crippen molar-refractivity contribution in [1.29, 1.82) is 5.26 Å². The van der Waals surface area contributed by atoms with Gasteiger partial charge in [-0.05, 0) is 63.7 Å². The van der Waals surface area contributed by atoms with E-state index in [2.05, 4.69) is 17.0 Å². The van der Waals surface area contributed by atoms with E-state index in [4.69, 9.17) is 9.68 Å². The van der Waals surface area contributed by atoms with Crippen molar-refractivity contribution in [1.82, 2.24) is 9.80 Å². The molecule has 0 saturated heterocycles. The van der Waals surface area contributed by atoms with E-state index in [9.17, 15) is 4.79 Å². The van der Waals surface area contributed by atoms with E-state index in [0.29, 0.717) is 24.4 Å². The van der Waals surface area contributed by atoms with Crippen LogP contribution in [0, 0.1) is 32.1 Å². The number of carbonyl (C=O) groups excluding carboxylic acids is 1. The van der Waals surface area contributed by atoms with Gasteiger partial charge >= 0.3 is 0 Å². The van der Waals surface area contributed by atoms with Crippen LogP contribution in [0.1, 0.15) is 38.4 Å². The van der Waals surface area contributed by atoms with Crippen molar-refractivity contribution in [2.24, 2.45) is 0 Å². The summed E-state index contributed by atoms with van der Waals surface area (Å²) < 4.78 is 6.09. The molecule has 29 heavy (non-hydrogen) atoms. The maximum atomic E-state index is 13.5. The number of furan rings is 1. The topological polar surface area (TPSA) is 60.5 Å². The molecular formula is C24H27N3O2. The minimum absolute atomic E-state index is 0.108. The molecule has 0 saturated carbocycles. The Bertz CT molecular complexity index is 1070. The second-order valence-corrected chi connectivity index (χ2v) is 7.80. The van der Waals surface area contributed by atoms with Crippen molar-refractivity contribution in [3.05, 3.63) is 70.0 Å². The van der Waals surface area contributed by atoms with Crippen molar-refractivity contribution in [3.8, 4) is 6.07 Å². The number of rotatable bonds is 6. The third-order valence-electron chi connectivity index (χ3n) is 5.24. The Kier molecular flexibility index (Phi) is 6.05. The van der Waals surface area contributed by atoms with Gasteiger partial charge in [-0.3, -0.25) is 4.79 Å². The molecule has 0 aliphatic heterocycles. The van der Waals surface area contributed by atoms with Crippen molar-refractivity contribution >= 4 is 16.9 Å². The van der Waals surface area contributed by atoms with Crippen LogP contribution >= 0.6 is 0 Å². The molecule has 0 aliphatic carbocycles. The van der Waals surface area contributed by atoms with Gasteiger partial charge in [0.2, 0.25) is 0 Å². The number of hydrogen-bond acceptors (Lipinski definition) is 4. The summed E-state index contributed by atoms with van der Waals surface area (Å²) in [6, 6.07) is 13.6. The summed E-state index contributed by atoms with van der Waals surface area (Å²) in [6.45, 7) is 7.79. The number of fused-ring (bicyclic) bond motifs is 1. The third-order valence-corrected chi connectivity index (χ3v) is 5.24. The van der Waals surface area contributed by atoms with E-state index >= 15 is 0 Å². The van der Waals surface area contributed by atoms with E-state index in [0.717, 1.165) is 39.8 Å². The lowest BCUT2D eigenvalue weighted by Crippen LogP contribution is -2.36. The molecule has 0 bridgehead atoms. The number of benzene rings is 2. The van der Waals surface area contributed by atoms with Crippen molar-refractivity contribution < 1.29 is 9.21 Å². The molecule has 0 atom stereocenters. The molecule has 0 radical (unpaired) electrons. The summed E-state index contributed by atoms with van der Waals surface area (Å²) in [5.74, 6) is 0.300. The molecule has 1 amide bonds. The van der Waals surface area contributed by atoms with Crippen LogP contribution in [-0.2, 0) is 6.54 Å². The zero-order valence-corrected chi connectivity index (χ0v) is 17.7. The fourth-order valence-electron chi connectivity index (χ4n) is 3.50. The molecular weight excluding hydrogens is 362 g/mol. The number of amides is 1. The van der Waals surface area contributed by atoms with Crippen LogP contribution in [0.15, 0.2) is 40.8 Å². The summed E-state index contributed by atoms with van der Waals surface area (Å²) in [6.07, 6.45) is 0. The number of hydrogen-bond donors (Lipinski definition) is 0. The molecule has 5 nitrogen and oxygen atoms in total. The summed E-state index contributed by atoms with van der Waals surface area (Å²) in [5, 5.41) is 10.0. The maximum Gasteiger partial charge on any atom is 0.290 e. The van der Waals surface area contributed by atoms with Gasteiger partial charge in [-0.1, -0.05) is 24.3 Å². The monoisotopic (exact) mass is 389 g/mol. The van der Waals surface area contributed by atoms with Crippen LogP contribution in [0.5, 0.6) is 0 Å². The van der Waals surface area contributed by atoms with Gasteiger partial charge in [-0.25, -0.2) is 0 Å². The standard InChI is InChI=1S/C24H27N3O2/c1-16-6-7-17(2)22-21(16)18(3)23(29-22)24(28)27(13-12-26(4)5)15-20-10-8-19(14-25)9-11-20/h6-11H,12-13,15H2,1-5H3. The molecule has 1 aromatic heterocycles. The van der Waals surface area contributed by atoms with E-state index in [1.165, 1.54) is 0 Å². The van der Waals surface area contributed by atoms with E-state index in [1.54, 1.807) is 12.1 Å². The molecule has 3 rings (SSSR count). The fourth-order valence-corrected chi connectivity index (χ4v) is 3.50. The van der Waals surface area contributed by atoms with E-state index in [1.807, 2.05) is 58.0 Å². The first-order valence-electron chi connectivity index (χ1n) is 9.74. The molecule has 0 spiro atoms. The van der Waals surface area contributed by atoms with Gasteiger partial charge in [0.15, 0.2) is 5.76 Å². The number of nitriles is 1. The van der Waals surface area contributed by atoms with Crippen molar-refractivity contribution in [2.45, 2.75) is 27.3 Å². The van der Waals surface area contributed by atoms with E-state index < -0.39 is 0 Å². The second kappa shape index (κ2) is 8.50. The van der Waals surface area contributed by atoms with Gasteiger partial charge in [-0.15, -0.1) is 0 Å². The van der Waals surface area contributed by atoms with Gasteiger partial charge < -0.3 is 14.2 Å². The normalized spacial score (nSPS) is 11.1. The summed E-state index contributed by atoms with van der Waals surface area (Å²) in [7, 11) is 3.98. The predicted molar refractivity (Wildman–Crippen MR) is 115 cm³/mol. The molecule has 1 heterocycles. The van der Waals surface area contributed by atoms with Crippen molar-refractivity contribution in [3.63, 3.8) is 0 Å². The van der Waals surface area contributed by atoms with Gasteiger partial charge in [0.25, 0.3) is 5.91 Å². The zero-order chi connectivity index (χ0) is 21.1. The fraction of sp³-hybridized carbons (Fsp3) is 0.333. The zero-order valence-electron chi connectivity index (χ0n) is 17.7. The number of nitrogens with zero attached hydrogens (tertiary/aromatic N) is 3. The van der Waals surface area contributed by atoms with Crippen LogP contribution in [0.4, 0.5) is 0 Å². The lowest BCUT2D eigenvalue weighted by atomic mass is 10.0. The Balaban J connectivity index is 1.96. The van der Waals surface area contributed by atoms with Crippen LogP contribution < -0.4 is 0 Å². The predicted octanol–water partition coefficient (Wildman–Crippen LogP) is 4.43. The van der Waals surface area contributed by atoms with Crippen LogP contribution in [-0.4, -0.2) is 42.9 Å². The maximum absolute atomic E-state index is 13.5. The first-order chi connectivity index (χ1) is 13.8. The average Bonchev–Trinajstić information content (AvgIpc) is 3.06. The number of carbonyl (C=O) groups is 1. The van der Waals surface area contributed by atoms with Gasteiger partial charge in [-0.2, -0.15) is 5.26 Å². The molecule has 2 aromatic carbocycles. The van der Waals surface area contributed by atoms with Gasteiger partial charge in [0.05, 0.1) is 11.6 Å². The largest absolute Gasteiger partial charge is 0.450 e. The quantitative estimate of drug-likeness (QED) is 0.626. The Morgan fingerprint density at radius 3 is 2.24 bits per heavy atom. The highest BCUT2D eigenvalue weighted by molar-refractivity contribution is 6.00. The highest BCUT2D eigenvalue weighted by Crippen LogP contribution is 2.31. The van der Waals surface area contributed by atoms with Crippen LogP contribution in [0.3, 0.4) is 0 Å². The Morgan fingerprint density at radius 1 is 1.00 bits per heavy atom. The minimum atomic E-state index is -0.108. The van der Waals surface area contributed by atoms with Crippen LogP contribution in [0.2, 0.25) is 0 Å². The SMILES string of the molecule is Cc1ccc(C)c2c(C)c(C(=O)N(CCN(C)C)Cc3ccc(C#N)cc3)oc12. The van der Waals surface area contributed by atoms with Crippen molar-refractivity contribution in [2.75, 3.05) is 27.2 Å². The molecule has 0 unspecified atom stereocenters. The second-order valence-electron chi connectivity index (χ2n) is 7.80. The molecule has 150 valence electrons. The Labute approximate surface area is 172 Å². The molecule has 5 heteroatoms.